The summed E-state index contributed by atoms with van der Waals surface area (Å²) < 4.78 is 21.7. The van der Waals surface area contributed by atoms with Crippen LogP contribution in [0.1, 0.15) is 30.9 Å². The van der Waals surface area contributed by atoms with Crippen LogP contribution in [0.4, 0.5) is 4.39 Å². The second kappa shape index (κ2) is 7.87. The normalized spacial score (nSPS) is 11.3. The molecule has 0 aliphatic rings. The number of hydrogen-bond donors (Lipinski definition) is 1. The fourth-order valence-electron chi connectivity index (χ4n) is 4.02. The molecule has 0 spiro atoms. The summed E-state index contributed by atoms with van der Waals surface area (Å²) in [4.78, 5) is 28.0. The SMILES string of the molecule is COc1cccc(F)c1-c1cc2c(cc1C)c(=O)[nH]c(=O)n2-c1ccccc1C(C)C. The second-order valence-electron chi connectivity index (χ2n) is 7.81. The Morgan fingerprint density at radius 1 is 1.03 bits per heavy atom. The molecule has 0 radical (unpaired) electrons. The largest absolute Gasteiger partial charge is 0.496 e. The number of nitrogens with one attached hydrogen (secondary N) is 1. The van der Waals surface area contributed by atoms with Crippen molar-refractivity contribution < 1.29 is 9.13 Å². The summed E-state index contributed by atoms with van der Waals surface area (Å²) in [6.45, 7) is 5.88. The van der Waals surface area contributed by atoms with Gasteiger partial charge in [0.15, 0.2) is 0 Å². The zero-order valence-corrected chi connectivity index (χ0v) is 17.8. The lowest BCUT2D eigenvalue weighted by Gasteiger charge is -2.18. The summed E-state index contributed by atoms with van der Waals surface area (Å²) >= 11 is 0. The zero-order chi connectivity index (χ0) is 22.3. The van der Waals surface area contributed by atoms with Crippen molar-refractivity contribution in [1.29, 1.82) is 0 Å². The minimum absolute atomic E-state index is 0.154. The number of benzene rings is 3. The van der Waals surface area contributed by atoms with E-state index < -0.39 is 17.1 Å². The molecule has 1 N–H and O–H groups in total. The average molecular weight is 418 g/mol. The highest BCUT2D eigenvalue weighted by atomic mass is 19.1. The van der Waals surface area contributed by atoms with Gasteiger partial charge in [-0.15, -0.1) is 0 Å². The van der Waals surface area contributed by atoms with Gasteiger partial charge in [0.1, 0.15) is 11.6 Å². The average Bonchev–Trinajstić information content (AvgIpc) is 2.74. The molecule has 158 valence electrons. The molecule has 0 atom stereocenters. The lowest BCUT2D eigenvalue weighted by molar-refractivity contribution is 0.413. The summed E-state index contributed by atoms with van der Waals surface area (Å²) in [5, 5.41) is 0.356. The molecule has 0 saturated carbocycles. The minimum Gasteiger partial charge on any atom is -0.496 e. The van der Waals surface area contributed by atoms with Crippen LogP contribution < -0.4 is 16.0 Å². The van der Waals surface area contributed by atoms with E-state index in [1.54, 1.807) is 31.2 Å². The second-order valence-corrected chi connectivity index (χ2v) is 7.81. The molecule has 0 unspecified atom stereocenters. The third-order valence-corrected chi connectivity index (χ3v) is 5.52. The van der Waals surface area contributed by atoms with E-state index in [2.05, 4.69) is 4.98 Å². The molecule has 0 aliphatic heterocycles. The molecule has 4 rings (SSSR count). The van der Waals surface area contributed by atoms with Gasteiger partial charge < -0.3 is 4.74 Å². The molecule has 31 heavy (non-hydrogen) atoms. The molecule has 4 aromatic rings. The first-order valence-electron chi connectivity index (χ1n) is 10.0. The topological polar surface area (TPSA) is 64.1 Å². The third-order valence-electron chi connectivity index (χ3n) is 5.52. The Morgan fingerprint density at radius 3 is 2.48 bits per heavy atom. The first kappa shape index (κ1) is 20.6. The number of H-pyrrole nitrogens is 1. The van der Waals surface area contributed by atoms with Crippen molar-refractivity contribution in [2.24, 2.45) is 0 Å². The maximum absolute atomic E-state index is 14.8. The molecule has 0 fully saturated rings. The highest BCUT2D eigenvalue weighted by molar-refractivity contribution is 5.88. The van der Waals surface area contributed by atoms with E-state index in [9.17, 15) is 14.0 Å². The van der Waals surface area contributed by atoms with E-state index in [1.165, 1.54) is 17.7 Å². The van der Waals surface area contributed by atoms with Gasteiger partial charge in [-0.2, -0.15) is 0 Å². The number of para-hydroxylation sites is 1. The summed E-state index contributed by atoms with van der Waals surface area (Å²) in [5.41, 5.74) is 2.58. The lowest BCUT2D eigenvalue weighted by atomic mass is 9.96. The van der Waals surface area contributed by atoms with Gasteiger partial charge >= 0.3 is 5.69 Å². The van der Waals surface area contributed by atoms with Crippen LogP contribution in [0, 0.1) is 12.7 Å². The lowest BCUT2D eigenvalue weighted by Crippen LogP contribution is -2.30. The van der Waals surface area contributed by atoms with Crippen LogP contribution >= 0.6 is 0 Å². The van der Waals surface area contributed by atoms with Crippen LogP contribution in [0.3, 0.4) is 0 Å². The third kappa shape index (κ3) is 3.44. The molecule has 3 aromatic carbocycles. The van der Waals surface area contributed by atoms with Gasteiger partial charge in [0.2, 0.25) is 0 Å². The number of methoxy groups -OCH3 is 1. The van der Waals surface area contributed by atoms with E-state index in [-0.39, 0.29) is 5.92 Å². The molecule has 1 aromatic heterocycles. The van der Waals surface area contributed by atoms with E-state index >= 15 is 0 Å². The van der Waals surface area contributed by atoms with Crippen molar-refractivity contribution in [3.05, 3.63) is 92.4 Å². The summed E-state index contributed by atoms with van der Waals surface area (Å²) in [6, 6.07) is 15.6. The number of fused-ring (bicyclic) bond motifs is 1. The molecule has 1 heterocycles. The van der Waals surface area contributed by atoms with Crippen molar-refractivity contribution in [3.8, 4) is 22.6 Å². The molecule has 0 amide bonds. The van der Waals surface area contributed by atoms with Crippen LogP contribution in [0.5, 0.6) is 5.75 Å². The van der Waals surface area contributed by atoms with Gasteiger partial charge in [0.25, 0.3) is 5.56 Å². The molecule has 5 nitrogen and oxygen atoms in total. The summed E-state index contributed by atoms with van der Waals surface area (Å²) in [7, 11) is 1.48. The van der Waals surface area contributed by atoms with Crippen LogP contribution in [0.15, 0.2) is 64.2 Å². The van der Waals surface area contributed by atoms with Gasteiger partial charge in [-0.05, 0) is 59.9 Å². The highest BCUT2D eigenvalue weighted by Gasteiger charge is 2.19. The summed E-state index contributed by atoms with van der Waals surface area (Å²) in [6.07, 6.45) is 0. The summed E-state index contributed by atoms with van der Waals surface area (Å²) in [5.74, 6) is 0.0912. The van der Waals surface area contributed by atoms with Crippen molar-refractivity contribution in [1.82, 2.24) is 9.55 Å². The Morgan fingerprint density at radius 2 is 1.77 bits per heavy atom. The molecule has 0 bridgehead atoms. The highest BCUT2D eigenvalue weighted by Crippen LogP contribution is 2.36. The Balaban J connectivity index is 2.16. The van der Waals surface area contributed by atoms with E-state index in [0.717, 1.165) is 5.56 Å². The molecular formula is C25H23FN2O3. The first-order valence-corrected chi connectivity index (χ1v) is 10.0. The Kier molecular flexibility index (Phi) is 5.23. The van der Waals surface area contributed by atoms with Gasteiger partial charge in [-0.3, -0.25) is 14.3 Å². The number of aromatic amines is 1. The van der Waals surface area contributed by atoms with Crippen LogP contribution in [0.2, 0.25) is 0 Å². The number of rotatable bonds is 4. The van der Waals surface area contributed by atoms with E-state index in [1.807, 2.05) is 38.1 Å². The van der Waals surface area contributed by atoms with Gasteiger partial charge in [0, 0.05) is 0 Å². The maximum atomic E-state index is 14.8. The van der Waals surface area contributed by atoms with Gasteiger partial charge in [-0.25, -0.2) is 9.18 Å². The van der Waals surface area contributed by atoms with Crippen molar-refractivity contribution >= 4 is 10.9 Å². The predicted octanol–water partition coefficient (Wildman–Crippen LogP) is 4.93. The number of hydrogen-bond acceptors (Lipinski definition) is 3. The van der Waals surface area contributed by atoms with Crippen molar-refractivity contribution in [2.45, 2.75) is 26.7 Å². The van der Waals surface area contributed by atoms with Gasteiger partial charge in [0.05, 0.1) is 29.3 Å². The van der Waals surface area contributed by atoms with Crippen LogP contribution in [-0.4, -0.2) is 16.7 Å². The zero-order valence-electron chi connectivity index (χ0n) is 17.8. The fourth-order valence-corrected chi connectivity index (χ4v) is 4.02. The fraction of sp³-hybridized carbons (Fsp3) is 0.200. The van der Waals surface area contributed by atoms with Gasteiger partial charge in [-0.1, -0.05) is 38.1 Å². The molecular weight excluding hydrogens is 395 g/mol. The number of nitrogens with zero attached hydrogens (tertiary/aromatic N) is 1. The number of aromatic nitrogens is 2. The van der Waals surface area contributed by atoms with Crippen LogP contribution in [0.25, 0.3) is 27.7 Å². The monoisotopic (exact) mass is 418 g/mol. The van der Waals surface area contributed by atoms with Crippen LogP contribution in [-0.2, 0) is 0 Å². The van der Waals surface area contributed by atoms with E-state index in [0.29, 0.717) is 39.0 Å². The smallest absolute Gasteiger partial charge is 0.333 e. The molecule has 0 aliphatic carbocycles. The Hall–Kier alpha value is -3.67. The minimum atomic E-state index is -0.541. The Labute approximate surface area is 178 Å². The molecule has 6 heteroatoms. The standard InChI is InChI=1S/C25H23FN2O3/c1-14(2)16-8-5-6-10-20(16)28-21-13-17(23-19(26)9-7-11-22(23)31-4)15(3)12-18(21)24(29)27-25(28)30/h5-14H,1-4H3,(H,27,29,30). The predicted molar refractivity (Wildman–Crippen MR) is 121 cm³/mol. The van der Waals surface area contributed by atoms with Crippen molar-refractivity contribution in [2.75, 3.05) is 7.11 Å². The number of halogens is 1. The van der Waals surface area contributed by atoms with E-state index in [4.69, 9.17) is 4.74 Å². The first-order chi connectivity index (χ1) is 14.8. The number of aryl methyl sites for hydroxylation is 1. The maximum Gasteiger partial charge on any atom is 0.333 e. The molecule has 0 saturated heterocycles. The van der Waals surface area contributed by atoms with Crippen molar-refractivity contribution in [3.63, 3.8) is 0 Å². The Bertz CT molecular complexity index is 1420. The number of ether oxygens (including phenoxy) is 1. The quantitative estimate of drug-likeness (QED) is 0.511.